The molecule has 1 heterocycles. The molecule has 0 amide bonds. The van der Waals surface area contributed by atoms with Gasteiger partial charge in [-0.25, -0.2) is 4.79 Å². The van der Waals surface area contributed by atoms with Crippen LogP contribution >= 0.6 is 11.8 Å². The van der Waals surface area contributed by atoms with E-state index in [2.05, 4.69) is 0 Å². The Hall–Kier alpha value is -1.33. The Kier molecular flexibility index (Phi) is 4.04. The summed E-state index contributed by atoms with van der Waals surface area (Å²) in [5.41, 5.74) is 0.571. The van der Waals surface area contributed by atoms with Crippen molar-refractivity contribution in [3.63, 3.8) is 0 Å². The van der Waals surface area contributed by atoms with E-state index in [-0.39, 0.29) is 12.4 Å². The zero-order valence-electron chi connectivity index (χ0n) is 9.96. The lowest BCUT2D eigenvalue weighted by Gasteiger charge is -2.25. The molecule has 0 saturated heterocycles. The van der Waals surface area contributed by atoms with Crippen molar-refractivity contribution >= 4 is 23.5 Å². The van der Waals surface area contributed by atoms with Gasteiger partial charge in [-0.15, -0.1) is 11.8 Å². The predicted octanol–water partition coefficient (Wildman–Crippen LogP) is 1.52. The summed E-state index contributed by atoms with van der Waals surface area (Å²) in [4.78, 5) is 24.5. The molecular formula is C13H14O4S. The fourth-order valence-electron chi connectivity index (χ4n) is 1.88. The molecule has 5 heteroatoms. The first-order valence-electron chi connectivity index (χ1n) is 5.76. The lowest BCUT2D eigenvalue weighted by molar-refractivity contribution is -0.154. The number of hydrogen-bond acceptors (Lipinski definition) is 5. The average molecular weight is 266 g/mol. The first-order valence-corrected chi connectivity index (χ1v) is 6.74. The van der Waals surface area contributed by atoms with Crippen molar-refractivity contribution in [3.05, 3.63) is 29.8 Å². The van der Waals surface area contributed by atoms with Crippen LogP contribution in [0.4, 0.5) is 0 Å². The van der Waals surface area contributed by atoms with Gasteiger partial charge in [-0.2, -0.15) is 0 Å². The largest absolute Gasteiger partial charge is 0.464 e. The summed E-state index contributed by atoms with van der Waals surface area (Å²) < 4.78 is 4.74. The second kappa shape index (κ2) is 5.54. The molecule has 4 nitrogen and oxygen atoms in total. The number of thioether (sulfide) groups is 1. The minimum Gasteiger partial charge on any atom is -0.464 e. The molecule has 0 radical (unpaired) electrons. The molecule has 1 aromatic rings. The lowest BCUT2D eigenvalue weighted by Crippen LogP contribution is -2.39. The average Bonchev–Trinajstić information content (AvgIpc) is 2.39. The molecule has 1 N–H and O–H groups in total. The first kappa shape index (κ1) is 13.1. The van der Waals surface area contributed by atoms with Crippen LogP contribution in [0.1, 0.15) is 17.3 Å². The number of carbonyl (C=O) groups is 2. The molecule has 2 rings (SSSR count). The van der Waals surface area contributed by atoms with Crippen LogP contribution in [-0.4, -0.2) is 35.3 Å². The summed E-state index contributed by atoms with van der Waals surface area (Å²) in [5.74, 6) is -1.24. The van der Waals surface area contributed by atoms with Crippen LogP contribution in [0, 0.1) is 5.92 Å². The fraction of sp³-hybridized carbons (Fsp3) is 0.385. The van der Waals surface area contributed by atoms with Crippen LogP contribution in [-0.2, 0) is 9.53 Å². The lowest BCUT2D eigenvalue weighted by atomic mass is 9.93. The highest BCUT2D eigenvalue weighted by molar-refractivity contribution is 7.99. The van der Waals surface area contributed by atoms with Gasteiger partial charge in [0, 0.05) is 16.2 Å². The van der Waals surface area contributed by atoms with Gasteiger partial charge < -0.3 is 9.84 Å². The molecule has 1 aromatic carbocycles. The van der Waals surface area contributed by atoms with Crippen molar-refractivity contribution in [3.8, 4) is 0 Å². The van der Waals surface area contributed by atoms with Gasteiger partial charge in [-0.3, -0.25) is 4.79 Å². The summed E-state index contributed by atoms with van der Waals surface area (Å²) >= 11 is 1.48. The molecule has 96 valence electrons. The molecule has 0 fully saturated rings. The summed E-state index contributed by atoms with van der Waals surface area (Å²) in [5, 5.41) is 9.86. The van der Waals surface area contributed by atoms with E-state index in [1.54, 1.807) is 19.1 Å². The monoisotopic (exact) mass is 266 g/mol. The van der Waals surface area contributed by atoms with Crippen LogP contribution in [0.5, 0.6) is 0 Å². The zero-order chi connectivity index (χ0) is 13.1. The van der Waals surface area contributed by atoms with Gasteiger partial charge in [0.1, 0.15) is 0 Å². The highest BCUT2D eigenvalue weighted by Gasteiger charge is 2.37. The number of esters is 1. The van der Waals surface area contributed by atoms with E-state index in [4.69, 9.17) is 4.74 Å². The topological polar surface area (TPSA) is 63.6 Å². The van der Waals surface area contributed by atoms with Crippen molar-refractivity contribution in [1.82, 2.24) is 0 Å². The van der Waals surface area contributed by atoms with Crippen LogP contribution < -0.4 is 0 Å². The van der Waals surface area contributed by atoms with E-state index in [1.165, 1.54) is 11.8 Å². The maximum Gasteiger partial charge on any atom is 0.335 e. The van der Waals surface area contributed by atoms with E-state index in [9.17, 15) is 14.7 Å². The number of aliphatic hydroxyl groups is 1. The molecular weight excluding hydrogens is 252 g/mol. The maximum atomic E-state index is 12.2. The standard InChI is InChI=1S/C13H14O4S/c1-2-17-13(16)12(15)9-7-18-10-6-4-3-5-8(10)11(9)14/h3-6,9,12,15H,2,7H2,1H3. The highest BCUT2D eigenvalue weighted by Crippen LogP contribution is 2.34. The number of Topliss-reactive ketones (excluding diaryl/α,β-unsaturated/α-hetero) is 1. The Morgan fingerprint density at radius 1 is 1.56 bits per heavy atom. The van der Waals surface area contributed by atoms with Crippen LogP contribution in [0.15, 0.2) is 29.2 Å². The summed E-state index contributed by atoms with van der Waals surface area (Å²) in [6.07, 6.45) is -1.38. The van der Waals surface area contributed by atoms with Gasteiger partial charge in [0.05, 0.1) is 12.5 Å². The molecule has 1 aliphatic heterocycles. The van der Waals surface area contributed by atoms with E-state index in [1.807, 2.05) is 12.1 Å². The second-order valence-corrected chi connectivity index (χ2v) is 5.04. The molecule has 0 aromatic heterocycles. The zero-order valence-corrected chi connectivity index (χ0v) is 10.8. The minimum absolute atomic E-state index is 0.190. The number of aliphatic hydroxyl groups excluding tert-OH is 1. The number of hydrogen-bond donors (Lipinski definition) is 1. The normalized spacial score (nSPS) is 20.1. The van der Waals surface area contributed by atoms with Gasteiger partial charge in [-0.1, -0.05) is 18.2 Å². The van der Waals surface area contributed by atoms with Crippen molar-refractivity contribution in [2.24, 2.45) is 5.92 Å². The molecule has 2 atom stereocenters. The van der Waals surface area contributed by atoms with E-state index in [0.29, 0.717) is 11.3 Å². The Morgan fingerprint density at radius 3 is 3.00 bits per heavy atom. The third-order valence-electron chi connectivity index (χ3n) is 2.82. The molecule has 0 spiro atoms. The van der Waals surface area contributed by atoms with Gasteiger partial charge in [0.25, 0.3) is 0 Å². The Bertz CT molecular complexity index is 472. The van der Waals surface area contributed by atoms with Gasteiger partial charge in [-0.05, 0) is 13.0 Å². The van der Waals surface area contributed by atoms with Crippen LogP contribution in [0.3, 0.4) is 0 Å². The third kappa shape index (κ3) is 2.42. The molecule has 0 saturated carbocycles. The summed E-state index contributed by atoms with van der Waals surface area (Å²) in [6, 6.07) is 7.22. The molecule has 2 unspecified atom stereocenters. The SMILES string of the molecule is CCOC(=O)C(O)C1CSc2ccccc2C1=O. The predicted molar refractivity (Wildman–Crippen MR) is 67.6 cm³/mol. The van der Waals surface area contributed by atoms with Crippen molar-refractivity contribution in [2.45, 2.75) is 17.9 Å². The number of ether oxygens (including phenoxy) is 1. The Labute approximate surface area is 109 Å². The molecule has 0 aliphatic carbocycles. The van der Waals surface area contributed by atoms with E-state index in [0.717, 1.165) is 4.90 Å². The van der Waals surface area contributed by atoms with Gasteiger partial charge >= 0.3 is 5.97 Å². The number of carbonyl (C=O) groups excluding carboxylic acids is 2. The van der Waals surface area contributed by atoms with Crippen molar-refractivity contribution < 1.29 is 19.4 Å². The number of rotatable bonds is 3. The molecule has 1 aliphatic rings. The Balaban J connectivity index is 2.19. The maximum absolute atomic E-state index is 12.2. The van der Waals surface area contributed by atoms with Crippen LogP contribution in [0.2, 0.25) is 0 Å². The quantitative estimate of drug-likeness (QED) is 0.840. The van der Waals surface area contributed by atoms with Crippen LogP contribution in [0.25, 0.3) is 0 Å². The third-order valence-corrected chi connectivity index (χ3v) is 4.01. The summed E-state index contributed by atoms with van der Waals surface area (Å²) in [7, 11) is 0. The van der Waals surface area contributed by atoms with Gasteiger partial charge in [0.2, 0.25) is 0 Å². The molecule has 0 bridgehead atoms. The number of ketones is 1. The molecule has 18 heavy (non-hydrogen) atoms. The van der Waals surface area contributed by atoms with Gasteiger partial charge in [0.15, 0.2) is 11.9 Å². The second-order valence-electron chi connectivity index (χ2n) is 3.97. The summed E-state index contributed by atoms with van der Waals surface area (Å²) in [6.45, 7) is 1.86. The highest BCUT2D eigenvalue weighted by atomic mass is 32.2. The minimum atomic E-state index is -1.38. The van der Waals surface area contributed by atoms with E-state index < -0.39 is 18.0 Å². The number of benzene rings is 1. The Morgan fingerprint density at radius 2 is 2.28 bits per heavy atom. The fourth-order valence-corrected chi connectivity index (χ4v) is 3.07. The van der Waals surface area contributed by atoms with Crippen molar-refractivity contribution in [1.29, 1.82) is 0 Å². The first-order chi connectivity index (χ1) is 8.65. The van der Waals surface area contributed by atoms with Crippen molar-refractivity contribution in [2.75, 3.05) is 12.4 Å². The van der Waals surface area contributed by atoms with E-state index >= 15 is 0 Å². The number of fused-ring (bicyclic) bond motifs is 1. The smallest absolute Gasteiger partial charge is 0.335 e.